The van der Waals surface area contributed by atoms with E-state index >= 15 is 0 Å². The van der Waals surface area contributed by atoms with Crippen molar-refractivity contribution in [1.29, 1.82) is 0 Å². The molecule has 5 unspecified atom stereocenters. The van der Waals surface area contributed by atoms with Gasteiger partial charge in [0.2, 0.25) is 0 Å². The van der Waals surface area contributed by atoms with E-state index < -0.39 is 33.7 Å². The van der Waals surface area contributed by atoms with Gasteiger partial charge in [-0.1, -0.05) is 39.3 Å². The largest absolute Gasteiger partial charge is 0.511 e. The molecule has 3 rings (SSSR count). The number of aliphatic hydroxyl groups excluding tert-OH is 2. The fraction of sp³-hybridized carbons (Fsp3) is 0.769. The first-order chi connectivity index (χ1) is 14.1. The van der Waals surface area contributed by atoms with Crippen LogP contribution in [0.2, 0.25) is 0 Å². The predicted molar refractivity (Wildman–Crippen MR) is 120 cm³/mol. The van der Waals surface area contributed by atoms with Crippen LogP contribution in [0.15, 0.2) is 23.0 Å². The zero-order valence-electron chi connectivity index (χ0n) is 20.4. The summed E-state index contributed by atoms with van der Waals surface area (Å²) in [4.78, 5) is 27.1. The van der Waals surface area contributed by atoms with Gasteiger partial charge in [0.25, 0.3) is 0 Å². The van der Waals surface area contributed by atoms with Crippen molar-refractivity contribution in [3.63, 3.8) is 0 Å². The van der Waals surface area contributed by atoms with E-state index in [1.807, 2.05) is 26.8 Å². The lowest BCUT2D eigenvalue weighted by molar-refractivity contribution is -0.140. The van der Waals surface area contributed by atoms with Crippen LogP contribution in [0.25, 0.3) is 0 Å². The SMILES string of the molecule is CCC(C)C(=O)C1=C(O)[C@]23CC(C(C)(C)O)C(C)(C)C2CC(CC=C(C)C)(C1=O)C3O. The lowest BCUT2D eigenvalue weighted by Gasteiger charge is -2.44. The highest BCUT2D eigenvalue weighted by Crippen LogP contribution is 2.75. The average Bonchev–Trinajstić information content (AvgIpc) is 3.03. The molecule has 0 radical (unpaired) electrons. The summed E-state index contributed by atoms with van der Waals surface area (Å²) in [5.74, 6) is -1.77. The molecule has 0 aromatic carbocycles. The average molecular weight is 433 g/mol. The standard InChI is InChI=1S/C26H40O5/c1-9-15(4)19(27)18-20(28)25(11-10-14(2)3)12-17-23(5,6)16(24(7,8)31)13-26(17,21(18)29)22(25)30/h10,15-17,22,29-31H,9,11-13H2,1-8H3/t15?,16?,17?,22?,25?,26-/m0/s1. The first-order valence-corrected chi connectivity index (χ1v) is 11.7. The third-order valence-electron chi connectivity index (χ3n) is 8.93. The summed E-state index contributed by atoms with van der Waals surface area (Å²) < 4.78 is 0. The lowest BCUT2D eigenvalue weighted by Crippen LogP contribution is -2.53. The molecule has 0 aromatic rings. The van der Waals surface area contributed by atoms with Crippen LogP contribution in [-0.4, -0.2) is 38.6 Å². The Morgan fingerprint density at radius 3 is 2.32 bits per heavy atom. The zero-order valence-corrected chi connectivity index (χ0v) is 20.4. The van der Waals surface area contributed by atoms with Crippen molar-refractivity contribution < 1.29 is 24.9 Å². The van der Waals surface area contributed by atoms with E-state index in [0.29, 0.717) is 25.7 Å². The fourth-order valence-electron chi connectivity index (χ4n) is 7.06. The Morgan fingerprint density at radius 2 is 1.84 bits per heavy atom. The number of allylic oxidation sites excluding steroid dienone is 3. The molecule has 3 N–H and O–H groups in total. The molecular formula is C26H40O5. The predicted octanol–water partition coefficient (Wildman–Crippen LogP) is 4.52. The maximum absolute atomic E-state index is 13.8. The third kappa shape index (κ3) is 3.10. The van der Waals surface area contributed by atoms with Crippen LogP contribution >= 0.6 is 0 Å². The number of Topliss-reactive ketones (excluding diaryl/α,β-unsaturated/α-hetero) is 2. The van der Waals surface area contributed by atoms with Gasteiger partial charge in [-0.05, 0) is 70.6 Å². The topological polar surface area (TPSA) is 94.8 Å². The van der Waals surface area contributed by atoms with Crippen molar-refractivity contribution in [2.75, 3.05) is 0 Å². The molecule has 0 amide bonds. The number of hydrogen-bond donors (Lipinski definition) is 3. The Bertz CT molecular complexity index is 854. The van der Waals surface area contributed by atoms with Crippen LogP contribution in [-0.2, 0) is 9.59 Å². The van der Waals surface area contributed by atoms with Crippen LogP contribution in [0.3, 0.4) is 0 Å². The van der Waals surface area contributed by atoms with Crippen LogP contribution in [0.5, 0.6) is 0 Å². The molecule has 5 heteroatoms. The number of aliphatic hydroxyl groups is 3. The molecule has 6 atom stereocenters. The second-order valence-electron chi connectivity index (χ2n) is 11.8. The van der Waals surface area contributed by atoms with Crippen molar-refractivity contribution in [3.8, 4) is 0 Å². The fourth-order valence-corrected chi connectivity index (χ4v) is 7.06. The van der Waals surface area contributed by atoms with Gasteiger partial charge in [-0.15, -0.1) is 0 Å². The molecule has 5 nitrogen and oxygen atoms in total. The van der Waals surface area contributed by atoms with E-state index in [2.05, 4.69) is 13.8 Å². The maximum atomic E-state index is 13.8. The Hall–Kier alpha value is -1.46. The molecule has 3 aliphatic carbocycles. The molecular weight excluding hydrogens is 392 g/mol. The van der Waals surface area contributed by atoms with Gasteiger partial charge < -0.3 is 15.3 Å². The molecule has 2 saturated carbocycles. The first kappa shape index (κ1) is 24.2. The second-order valence-corrected chi connectivity index (χ2v) is 11.8. The van der Waals surface area contributed by atoms with Gasteiger partial charge in [-0.2, -0.15) is 0 Å². The quantitative estimate of drug-likeness (QED) is 0.424. The number of rotatable bonds is 6. The molecule has 0 heterocycles. The molecule has 0 saturated heterocycles. The van der Waals surface area contributed by atoms with E-state index in [9.17, 15) is 24.9 Å². The van der Waals surface area contributed by atoms with E-state index in [-0.39, 0.29) is 34.9 Å². The first-order valence-electron chi connectivity index (χ1n) is 11.7. The van der Waals surface area contributed by atoms with Gasteiger partial charge in [-0.25, -0.2) is 0 Å². The minimum absolute atomic E-state index is 0.100. The summed E-state index contributed by atoms with van der Waals surface area (Å²) in [6, 6.07) is 0. The molecule has 0 aromatic heterocycles. The molecule has 0 aliphatic heterocycles. The summed E-state index contributed by atoms with van der Waals surface area (Å²) >= 11 is 0. The number of hydrogen-bond acceptors (Lipinski definition) is 5. The third-order valence-corrected chi connectivity index (χ3v) is 8.93. The van der Waals surface area contributed by atoms with Crippen molar-refractivity contribution in [3.05, 3.63) is 23.0 Å². The highest BCUT2D eigenvalue weighted by atomic mass is 16.3. The smallest absolute Gasteiger partial charge is 0.178 e. The van der Waals surface area contributed by atoms with Crippen LogP contribution < -0.4 is 0 Å². The van der Waals surface area contributed by atoms with E-state index in [1.54, 1.807) is 20.8 Å². The number of carbonyl (C=O) groups excluding carboxylic acids is 2. The lowest BCUT2D eigenvalue weighted by atomic mass is 9.61. The normalized spacial score (nSPS) is 37.6. The minimum Gasteiger partial charge on any atom is -0.511 e. The van der Waals surface area contributed by atoms with Crippen molar-refractivity contribution >= 4 is 11.6 Å². The Labute approximate surface area is 186 Å². The maximum Gasteiger partial charge on any atom is 0.178 e. The summed E-state index contributed by atoms with van der Waals surface area (Å²) in [5.41, 5.74) is -2.72. The van der Waals surface area contributed by atoms with Crippen LogP contribution in [0.4, 0.5) is 0 Å². The van der Waals surface area contributed by atoms with Gasteiger partial charge in [0.15, 0.2) is 11.6 Å². The van der Waals surface area contributed by atoms with Crippen LogP contribution in [0.1, 0.15) is 81.1 Å². The van der Waals surface area contributed by atoms with E-state index in [4.69, 9.17) is 0 Å². The molecule has 3 aliphatic rings. The van der Waals surface area contributed by atoms with Gasteiger partial charge in [-0.3, -0.25) is 9.59 Å². The molecule has 31 heavy (non-hydrogen) atoms. The Balaban J connectivity index is 2.30. The van der Waals surface area contributed by atoms with E-state index in [0.717, 1.165) is 5.57 Å². The Morgan fingerprint density at radius 1 is 1.26 bits per heavy atom. The van der Waals surface area contributed by atoms with Gasteiger partial charge in [0.05, 0.1) is 28.1 Å². The van der Waals surface area contributed by atoms with Gasteiger partial charge in [0.1, 0.15) is 5.76 Å². The van der Waals surface area contributed by atoms with Gasteiger partial charge in [0, 0.05) is 5.92 Å². The van der Waals surface area contributed by atoms with Crippen molar-refractivity contribution in [1.82, 2.24) is 0 Å². The molecule has 2 fully saturated rings. The summed E-state index contributed by atoms with van der Waals surface area (Å²) in [6.07, 6.45) is 2.54. The highest BCUT2D eigenvalue weighted by molar-refractivity contribution is 6.24. The highest BCUT2D eigenvalue weighted by Gasteiger charge is 2.77. The monoisotopic (exact) mass is 432 g/mol. The van der Waals surface area contributed by atoms with Crippen molar-refractivity contribution in [2.24, 2.45) is 34.0 Å². The summed E-state index contributed by atoms with van der Waals surface area (Å²) in [6.45, 7) is 15.2. The number of carbonyl (C=O) groups is 2. The second kappa shape index (κ2) is 7.28. The zero-order chi connectivity index (χ0) is 23.7. The molecule has 174 valence electrons. The number of ketones is 2. The van der Waals surface area contributed by atoms with Crippen molar-refractivity contribution in [2.45, 2.75) is 92.8 Å². The van der Waals surface area contributed by atoms with Gasteiger partial charge >= 0.3 is 0 Å². The molecule has 1 spiro atoms. The summed E-state index contributed by atoms with van der Waals surface area (Å²) in [7, 11) is 0. The van der Waals surface area contributed by atoms with Crippen LogP contribution in [0, 0.1) is 34.0 Å². The van der Waals surface area contributed by atoms with E-state index in [1.165, 1.54) is 0 Å². The minimum atomic E-state index is -1.12. The molecule has 2 bridgehead atoms. The summed E-state index contributed by atoms with van der Waals surface area (Å²) in [5, 5.41) is 34.3. The number of fused-ring (bicyclic) bond motifs is 1. The Kier molecular flexibility index (Phi) is 5.68.